The number of aromatic nitrogens is 1. The molecule has 1 fully saturated rings. The average Bonchev–Trinajstić information content (AvgIpc) is 3.17. The van der Waals surface area contributed by atoms with Crippen molar-refractivity contribution in [2.45, 2.75) is 46.1 Å². The Kier molecular flexibility index (Phi) is 6.93. The Morgan fingerprint density at radius 1 is 1.03 bits per heavy atom. The molecule has 6 heteroatoms. The molecule has 0 bridgehead atoms. The molecule has 170 valence electrons. The van der Waals surface area contributed by atoms with Crippen molar-refractivity contribution >= 4 is 32.6 Å². The SMILES string of the molecule is Cc1cccc2sc(NC(=O)CCN3CCN(Cc4ccc(C(C)(C)C)cc4)CC3)nc12. The summed E-state index contributed by atoms with van der Waals surface area (Å²) in [4.78, 5) is 21.9. The molecular formula is C26H34N4OS. The highest BCUT2D eigenvalue weighted by Crippen LogP contribution is 2.28. The summed E-state index contributed by atoms with van der Waals surface area (Å²) in [6.07, 6.45) is 0.503. The van der Waals surface area contributed by atoms with Crippen LogP contribution in [0.2, 0.25) is 0 Å². The van der Waals surface area contributed by atoms with E-state index in [1.807, 2.05) is 25.1 Å². The van der Waals surface area contributed by atoms with Crippen molar-refractivity contribution in [3.05, 3.63) is 59.2 Å². The number of fused-ring (bicyclic) bond motifs is 1. The molecule has 1 aliphatic heterocycles. The maximum atomic E-state index is 12.4. The Labute approximate surface area is 195 Å². The van der Waals surface area contributed by atoms with E-state index >= 15 is 0 Å². The average molecular weight is 451 g/mol. The van der Waals surface area contributed by atoms with Gasteiger partial charge >= 0.3 is 0 Å². The van der Waals surface area contributed by atoms with Gasteiger partial charge in [-0.2, -0.15) is 0 Å². The highest BCUT2D eigenvalue weighted by Gasteiger charge is 2.19. The number of thiazole rings is 1. The fourth-order valence-electron chi connectivity index (χ4n) is 4.12. The van der Waals surface area contributed by atoms with Crippen LogP contribution in [0.3, 0.4) is 0 Å². The van der Waals surface area contributed by atoms with Gasteiger partial charge < -0.3 is 10.2 Å². The van der Waals surface area contributed by atoms with Crippen LogP contribution in [-0.4, -0.2) is 53.4 Å². The van der Waals surface area contributed by atoms with Crippen LogP contribution in [0.4, 0.5) is 5.13 Å². The first kappa shape index (κ1) is 22.9. The number of amides is 1. The van der Waals surface area contributed by atoms with Crippen molar-refractivity contribution in [1.29, 1.82) is 0 Å². The van der Waals surface area contributed by atoms with E-state index in [2.05, 4.69) is 65.1 Å². The molecule has 2 aromatic carbocycles. The van der Waals surface area contributed by atoms with Gasteiger partial charge in [-0.05, 0) is 35.1 Å². The predicted octanol–water partition coefficient (Wildman–Crippen LogP) is 5.05. The van der Waals surface area contributed by atoms with Gasteiger partial charge in [0.1, 0.15) is 0 Å². The lowest BCUT2D eigenvalue weighted by Crippen LogP contribution is -2.46. The normalized spacial score (nSPS) is 15.9. The van der Waals surface area contributed by atoms with Crippen LogP contribution in [0.5, 0.6) is 0 Å². The molecule has 2 heterocycles. The third-order valence-corrected chi connectivity index (χ3v) is 7.15. The topological polar surface area (TPSA) is 48.5 Å². The van der Waals surface area contributed by atoms with E-state index < -0.39 is 0 Å². The number of aryl methyl sites for hydroxylation is 1. The maximum absolute atomic E-state index is 12.4. The number of piperazine rings is 1. The lowest BCUT2D eigenvalue weighted by atomic mass is 9.87. The summed E-state index contributed by atoms with van der Waals surface area (Å²) >= 11 is 1.54. The number of nitrogens with zero attached hydrogens (tertiary/aromatic N) is 3. The zero-order chi connectivity index (χ0) is 22.7. The van der Waals surface area contributed by atoms with Gasteiger partial charge in [0.05, 0.1) is 10.2 Å². The van der Waals surface area contributed by atoms with Crippen LogP contribution in [0.1, 0.15) is 43.9 Å². The number of rotatable bonds is 6. The van der Waals surface area contributed by atoms with Gasteiger partial charge in [-0.3, -0.25) is 9.69 Å². The maximum Gasteiger partial charge on any atom is 0.227 e. The second-order valence-corrected chi connectivity index (χ2v) is 10.8. The molecule has 5 nitrogen and oxygen atoms in total. The minimum Gasteiger partial charge on any atom is -0.302 e. The molecule has 1 aliphatic rings. The number of nitrogens with one attached hydrogen (secondary N) is 1. The molecule has 0 spiro atoms. The van der Waals surface area contributed by atoms with E-state index in [0.717, 1.165) is 55.0 Å². The van der Waals surface area contributed by atoms with Gasteiger partial charge in [-0.1, -0.05) is 68.5 Å². The predicted molar refractivity (Wildman–Crippen MR) is 134 cm³/mol. The number of anilines is 1. The zero-order valence-electron chi connectivity index (χ0n) is 19.6. The van der Waals surface area contributed by atoms with Crippen molar-refractivity contribution in [2.24, 2.45) is 0 Å². The molecule has 0 atom stereocenters. The van der Waals surface area contributed by atoms with Gasteiger partial charge in [-0.15, -0.1) is 0 Å². The molecule has 1 amide bonds. The molecule has 0 unspecified atom stereocenters. The lowest BCUT2D eigenvalue weighted by molar-refractivity contribution is -0.116. The van der Waals surface area contributed by atoms with E-state index in [1.54, 1.807) is 11.3 Å². The molecular weight excluding hydrogens is 416 g/mol. The molecule has 32 heavy (non-hydrogen) atoms. The van der Waals surface area contributed by atoms with E-state index in [9.17, 15) is 4.79 Å². The number of para-hydroxylation sites is 1. The van der Waals surface area contributed by atoms with Gasteiger partial charge in [0.25, 0.3) is 0 Å². The van der Waals surface area contributed by atoms with Crippen LogP contribution >= 0.6 is 11.3 Å². The molecule has 1 N–H and O–H groups in total. The third-order valence-electron chi connectivity index (χ3n) is 6.21. The van der Waals surface area contributed by atoms with Crippen LogP contribution in [-0.2, 0) is 16.8 Å². The largest absolute Gasteiger partial charge is 0.302 e. The van der Waals surface area contributed by atoms with Crippen LogP contribution in [0.25, 0.3) is 10.2 Å². The van der Waals surface area contributed by atoms with Gasteiger partial charge in [0.2, 0.25) is 5.91 Å². The first-order valence-corrected chi connectivity index (χ1v) is 12.3. The molecule has 0 saturated carbocycles. The Morgan fingerprint density at radius 3 is 2.38 bits per heavy atom. The van der Waals surface area contributed by atoms with E-state index in [-0.39, 0.29) is 11.3 Å². The van der Waals surface area contributed by atoms with E-state index in [4.69, 9.17) is 0 Å². The van der Waals surface area contributed by atoms with Gasteiger partial charge in [-0.25, -0.2) is 4.98 Å². The molecule has 1 aromatic heterocycles. The van der Waals surface area contributed by atoms with Crippen molar-refractivity contribution < 1.29 is 4.79 Å². The number of hydrogen-bond acceptors (Lipinski definition) is 5. The Morgan fingerprint density at radius 2 is 1.72 bits per heavy atom. The molecule has 4 rings (SSSR count). The Hall–Kier alpha value is -2.28. The second kappa shape index (κ2) is 9.69. The van der Waals surface area contributed by atoms with Crippen LogP contribution in [0.15, 0.2) is 42.5 Å². The van der Waals surface area contributed by atoms with Crippen molar-refractivity contribution in [1.82, 2.24) is 14.8 Å². The van der Waals surface area contributed by atoms with Crippen molar-refractivity contribution in [3.8, 4) is 0 Å². The Balaban J connectivity index is 1.20. The fourth-order valence-corrected chi connectivity index (χ4v) is 5.08. The molecule has 1 saturated heterocycles. The summed E-state index contributed by atoms with van der Waals surface area (Å²) in [6.45, 7) is 14.7. The number of benzene rings is 2. The lowest BCUT2D eigenvalue weighted by Gasteiger charge is -2.34. The summed E-state index contributed by atoms with van der Waals surface area (Å²) in [6, 6.07) is 15.2. The van der Waals surface area contributed by atoms with Crippen molar-refractivity contribution in [3.63, 3.8) is 0 Å². The monoisotopic (exact) mass is 450 g/mol. The quantitative estimate of drug-likeness (QED) is 0.571. The summed E-state index contributed by atoms with van der Waals surface area (Å²) in [5.74, 6) is 0.0445. The molecule has 0 radical (unpaired) electrons. The standard InChI is InChI=1S/C26H34N4OS/c1-19-6-5-7-22-24(19)28-25(32-22)27-23(31)12-13-29-14-16-30(17-15-29)18-20-8-10-21(11-9-20)26(2,3)4/h5-11H,12-18H2,1-4H3,(H,27,28,31). The van der Waals surface area contributed by atoms with Crippen LogP contribution in [0, 0.1) is 6.92 Å². The Bertz CT molecular complexity index is 1060. The van der Waals surface area contributed by atoms with Gasteiger partial charge in [0.15, 0.2) is 5.13 Å². The first-order valence-electron chi connectivity index (χ1n) is 11.5. The van der Waals surface area contributed by atoms with E-state index in [0.29, 0.717) is 11.6 Å². The molecule has 0 aliphatic carbocycles. The van der Waals surface area contributed by atoms with E-state index in [1.165, 1.54) is 11.1 Å². The minimum absolute atomic E-state index is 0.0445. The zero-order valence-corrected chi connectivity index (χ0v) is 20.5. The third kappa shape index (κ3) is 5.74. The fraction of sp³-hybridized carbons (Fsp3) is 0.462. The minimum atomic E-state index is 0.0445. The van der Waals surface area contributed by atoms with Crippen LogP contribution < -0.4 is 5.32 Å². The number of carbonyl (C=O) groups is 1. The smallest absolute Gasteiger partial charge is 0.227 e. The summed E-state index contributed by atoms with van der Waals surface area (Å²) in [5.41, 5.74) is 5.07. The highest BCUT2D eigenvalue weighted by atomic mass is 32.1. The van der Waals surface area contributed by atoms with Crippen molar-refractivity contribution in [2.75, 3.05) is 38.0 Å². The van der Waals surface area contributed by atoms with Gasteiger partial charge in [0, 0.05) is 45.7 Å². The first-order chi connectivity index (χ1) is 15.3. The number of carbonyl (C=O) groups excluding carboxylic acids is 1. The molecule has 3 aromatic rings. The summed E-state index contributed by atoms with van der Waals surface area (Å²) in [7, 11) is 0. The number of hydrogen-bond donors (Lipinski definition) is 1. The highest BCUT2D eigenvalue weighted by molar-refractivity contribution is 7.22. The summed E-state index contributed by atoms with van der Waals surface area (Å²) in [5, 5.41) is 3.68. The summed E-state index contributed by atoms with van der Waals surface area (Å²) < 4.78 is 1.12. The second-order valence-electron chi connectivity index (χ2n) is 9.80.